The number of hydrogen-bond donors (Lipinski definition) is 2. The van der Waals surface area contributed by atoms with Crippen LogP contribution in [0.25, 0.3) is 0 Å². The molecule has 2 rings (SSSR count). The molecule has 1 aromatic heterocycles. The van der Waals surface area contributed by atoms with E-state index in [1.54, 1.807) is 12.1 Å². The number of aromatic nitrogens is 2. The maximum Gasteiger partial charge on any atom is 0.199 e. The molecule has 0 fully saturated rings. The predicted molar refractivity (Wildman–Crippen MR) is 65.7 cm³/mol. The van der Waals surface area contributed by atoms with Crippen molar-refractivity contribution in [2.24, 2.45) is 10.9 Å². The molecule has 0 amide bonds. The van der Waals surface area contributed by atoms with Crippen molar-refractivity contribution >= 4 is 23.3 Å². The van der Waals surface area contributed by atoms with Gasteiger partial charge in [-0.3, -0.25) is 0 Å². The van der Waals surface area contributed by atoms with Crippen LogP contribution in [0.15, 0.2) is 34.1 Å². The maximum atomic E-state index is 5.75. The van der Waals surface area contributed by atoms with Crippen LogP contribution in [-0.4, -0.2) is 16.1 Å². The van der Waals surface area contributed by atoms with Gasteiger partial charge in [0.05, 0.1) is 0 Å². The summed E-state index contributed by atoms with van der Waals surface area (Å²) < 4.78 is 4.39. The predicted octanol–water partition coefficient (Wildman–Crippen LogP) is 1.14. The molecule has 2 aromatic rings. The number of benzene rings is 1. The lowest BCUT2D eigenvalue weighted by molar-refractivity contribution is 0.130. The fourth-order valence-electron chi connectivity index (χ4n) is 1.17. The van der Waals surface area contributed by atoms with Crippen molar-refractivity contribution in [3.8, 4) is 0 Å². The molecule has 0 aliphatic carbocycles. The van der Waals surface area contributed by atoms with Crippen molar-refractivity contribution in [2.45, 2.75) is 6.61 Å². The minimum atomic E-state index is 0.00251. The van der Waals surface area contributed by atoms with Crippen molar-refractivity contribution in [1.29, 1.82) is 0 Å². The number of halogens is 1. The normalized spacial score (nSPS) is 11.5. The standard InChI is InChI=1S/C10H10ClN5O2/c11-7-3-1-6(2-4-7)5-17-15-9(12)8-10(13)16-18-14-8/h1-4H,5H2,(H2,12,15)(H2,13,16). The summed E-state index contributed by atoms with van der Waals surface area (Å²) in [5, 5.41) is 11.2. The number of nitrogens with two attached hydrogens (primary N) is 2. The van der Waals surface area contributed by atoms with Crippen LogP contribution in [0.4, 0.5) is 5.82 Å². The van der Waals surface area contributed by atoms with Crippen LogP contribution in [0.3, 0.4) is 0 Å². The molecule has 0 aliphatic heterocycles. The second-order valence-electron chi connectivity index (χ2n) is 3.37. The van der Waals surface area contributed by atoms with Crippen LogP contribution in [0.2, 0.25) is 5.02 Å². The summed E-state index contributed by atoms with van der Waals surface area (Å²) in [7, 11) is 0. The summed E-state index contributed by atoms with van der Waals surface area (Å²) in [5.41, 5.74) is 12.1. The van der Waals surface area contributed by atoms with E-state index in [4.69, 9.17) is 27.9 Å². The molecule has 0 unspecified atom stereocenters. The number of oxime groups is 1. The molecule has 8 heteroatoms. The van der Waals surface area contributed by atoms with Gasteiger partial charge in [0.2, 0.25) is 0 Å². The Morgan fingerprint density at radius 3 is 2.67 bits per heavy atom. The zero-order chi connectivity index (χ0) is 13.0. The SMILES string of the molecule is N/C(=N/OCc1ccc(Cl)cc1)c1nonc1N. The molecule has 1 aromatic carbocycles. The van der Waals surface area contributed by atoms with Gasteiger partial charge in [-0.05, 0) is 28.0 Å². The van der Waals surface area contributed by atoms with Crippen molar-refractivity contribution in [3.63, 3.8) is 0 Å². The second-order valence-corrected chi connectivity index (χ2v) is 3.81. The number of rotatable bonds is 4. The molecule has 0 aliphatic rings. The number of nitrogens with zero attached hydrogens (tertiary/aromatic N) is 3. The van der Waals surface area contributed by atoms with E-state index < -0.39 is 0 Å². The highest BCUT2D eigenvalue weighted by molar-refractivity contribution is 6.30. The van der Waals surface area contributed by atoms with Gasteiger partial charge in [-0.1, -0.05) is 28.9 Å². The van der Waals surface area contributed by atoms with Crippen molar-refractivity contribution < 1.29 is 9.47 Å². The summed E-state index contributed by atoms with van der Waals surface area (Å²) in [4.78, 5) is 5.06. The molecule has 0 radical (unpaired) electrons. The molecule has 0 saturated heterocycles. The third kappa shape index (κ3) is 2.89. The summed E-state index contributed by atoms with van der Waals surface area (Å²) in [6, 6.07) is 7.15. The van der Waals surface area contributed by atoms with E-state index in [1.165, 1.54) is 0 Å². The quantitative estimate of drug-likeness (QED) is 0.488. The molecule has 0 spiro atoms. The van der Waals surface area contributed by atoms with E-state index in [9.17, 15) is 0 Å². The number of hydrogen-bond acceptors (Lipinski definition) is 6. The number of nitrogen functional groups attached to an aromatic ring is 1. The first-order chi connectivity index (χ1) is 8.66. The summed E-state index contributed by atoms with van der Waals surface area (Å²) in [6.07, 6.45) is 0. The van der Waals surface area contributed by atoms with Crippen LogP contribution < -0.4 is 11.5 Å². The molecular weight excluding hydrogens is 258 g/mol. The van der Waals surface area contributed by atoms with Crippen LogP contribution >= 0.6 is 11.6 Å². The van der Waals surface area contributed by atoms with Gasteiger partial charge >= 0.3 is 0 Å². The van der Waals surface area contributed by atoms with Gasteiger partial charge in [-0.2, -0.15) is 0 Å². The Bertz CT molecular complexity index is 552. The Kier molecular flexibility index (Phi) is 3.63. The van der Waals surface area contributed by atoms with E-state index in [0.29, 0.717) is 5.02 Å². The molecule has 4 N–H and O–H groups in total. The monoisotopic (exact) mass is 267 g/mol. The summed E-state index contributed by atoms with van der Waals surface area (Å²) >= 11 is 5.75. The minimum absolute atomic E-state index is 0.00251. The Morgan fingerprint density at radius 2 is 2.06 bits per heavy atom. The largest absolute Gasteiger partial charge is 0.389 e. The van der Waals surface area contributed by atoms with Gasteiger partial charge in [0.1, 0.15) is 6.61 Å². The molecule has 18 heavy (non-hydrogen) atoms. The van der Waals surface area contributed by atoms with E-state index in [0.717, 1.165) is 5.56 Å². The number of anilines is 1. The fourth-order valence-corrected chi connectivity index (χ4v) is 1.30. The molecule has 0 atom stereocenters. The third-order valence-electron chi connectivity index (χ3n) is 2.06. The minimum Gasteiger partial charge on any atom is -0.389 e. The molecule has 7 nitrogen and oxygen atoms in total. The third-order valence-corrected chi connectivity index (χ3v) is 2.32. The lowest BCUT2D eigenvalue weighted by Gasteiger charge is -2.00. The van der Waals surface area contributed by atoms with Crippen LogP contribution in [0.5, 0.6) is 0 Å². The summed E-state index contributed by atoms with van der Waals surface area (Å²) in [6.45, 7) is 0.253. The highest BCUT2D eigenvalue weighted by Gasteiger charge is 2.10. The molecule has 1 heterocycles. The van der Waals surface area contributed by atoms with E-state index in [2.05, 4.69) is 20.1 Å². The van der Waals surface area contributed by atoms with Crippen LogP contribution in [0, 0.1) is 0 Å². The van der Waals surface area contributed by atoms with Crippen molar-refractivity contribution in [2.75, 3.05) is 5.73 Å². The van der Waals surface area contributed by atoms with E-state index in [1.807, 2.05) is 12.1 Å². The first-order valence-corrected chi connectivity index (χ1v) is 5.33. The zero-order valence-electron chi connectivity index (χ0n) is 9.21. The van der Waals surface area contributed by atoms with Crippen molar-refractivity contribution in [1.82, 2.24) is 10.3 Å². The van der Waals surface area contributed by atoms with Crippen molar-refractivity contribution in [3.05, 3.63) is 40.5 Å². The van der Waals surface area contributed by atoms with Gasteiger partial charge in [-0.15, -0.1) is 0 Å². The first kappa shape index (κ1) is 12.2. The lowest BCUT2D eigenvalue weighted by atomic mass is 10.2. The lowest BCUT2D eigenvalue weighted by Crippen LogP contribution is -2.16. The maximum absolute atomic E-state index is 5.75. The van der Waals surface area contributed by atoms with Gasteiger partial charge in [0, 0.05) is 5.02 Å². The Hall–Kier alpha value is -2.28. The van der Waals surface area contributed by atoms with Crippen LogP contribution in [0.1, 0.15) is 11.3 Å². The average molecular weight is 268 g/mol. The Morgan fingerprint density at radius 1 is 1.33 bits per heavy atom. The Balaban J connectivity index is 1.95. The fraction of sp³-hybridized carbons (Fsp3) is 0.100. The first-order valence-electron chi connectivity index (χ1n) is 4.95. The zero-order valence-corrected chi connectivity index (χ0v) is 9.96. The molecule has 94 valence electrons. The average Bonchev–Trinajstić information content (AvgIpc) is 2.78. The highest BCUT2D eigenvalue weighted by atomic mass is 35.5. The van der Waals surface area contributed by atoms with Gasteiger partial charge in [0.15, 0.2) is 17.3 Å². The van der Waals surface area contributed by atoms with E-state index >= 15 is 0 Å². The van der Waals surface area contributed by atoms with Gasteiger partial charge in [-0.25, -0.2) is 4.63 Å². The number of amidine groups is 1. The van der Waals surface area contributed by atoms with E-state index in [-0.39, 0.29) is 24.0 Å². The second kappa shape index (κ2) is 5.37. The molecular formula is C10H10ClN5O2. The Labute approximate surface area is 107 Å². The summed E-state index contributed by atoms with van der Waals surface area (Å²) in [5.74, 6) is 0.0639. The highest BCUT2D eigenvalue weighted by Crippen LogP contribution is 2.10. The van der Waals surface area contributed by atoms with Gasteiger partial charge < -0.3 is 16.3 Å². The van der Waals surface area contributed by atoms with Gasteiger partial charge in [0.25, 0.3) is 0 Å². The topological polar surface area (TPSA) is 113 Å². The van der Waals surface area contributed by atoms with Crippen LogP contribution in [-0.2, 0) is 11.4 Å². The molecule has 0 saturated carbocycles. The smallest absolute Gasteiger partial charge is 0.199 e. The molecule has 0 bridgehead atoms.